The lowest BCUT2D eigenvalue weighted by atomic mass is 9.88. The van der Waals surface area contributed by atoms with Crippen LogP contribution in [0.1, 0.15) is 31.7 Å². The average Bonchev–Trinajstić information content (AvgIpc) is 3.03. The summed E-state index contributed by atoms with van der Waals surface area (Å²) >= 11 is 0. The summed E-state index contributed by atoms with van der Waals surface area (Å²) in [6.45, 7) is 2.07. The molecule has 0 radical (unpaired) electrons. The first kappa shape index (κ1) is 9.66. The van der Waals surface area contributed by atoms with Crippen molar-refractivity contribution in [2.45, 2.75) is 38.2 Å². The lowest BCUT2D eigenvalue weighted by Gasteiger charge is -2.26. The van der Waals surface area contributed by atoms with Crippen LogP contribution in [0.4, 0.5) is 0 Å². The fourth-order valence-corrected chi connectivity index (χ4v) is 2.03. The highest BCUT2D eigenvalue weighted by atomic mass is 16.3. The molecule has 1 unspecified atom stereocenters. The van der Waals surface area contributed by atoms with E-state index in [4.69, 9.17) is 0 Å². The van der Waals surface area contributed by atoms with E-state index in [0.29, 0.717) is 5.92 Å². The minimum absolute atomic E-state index is 0.471. The first-order valence-corrected chi connectivity index (χ1v) is 5.36. The molecule has 2 rings (SSSR count). The van der Waals surface area contributed by atoms with Gasteiger partial charge in [-0.1, -0.05) is 6.92 Å². The van der Waals surface area contributed by atoms with E-state index in [2.05, 4.69) is 11.9 Å². The van der Waals surface area contributed by atoms with E-state index in [0.717, 1.165) is 12.8 Å². The van der Waals surface area contributed by atoms with Crippen molar-refractivity contribution in [3.05, 3.63) is 30.1 Å². The Morgan fingerprint density at radius 1 is 1.43 bits per heavy atom. The molecule has 1 aromatic rings. The lowest BCUT2D eigenvalue weighted by Crippen LogP contribution is -2.33. The number of rotatable bonds is 4. The van der Waals surface area contributed by atoms with Crippen LogP contribution < -0.4 is 0 Å². The maximum absolute atomic E-state index is 10.4. The second-order valence-electron chi connectivity index (χ2n) is 4.26. The molecule has 1 aliphatic carbocycles. The minimum atomic E-state index is -0.471. The Bertz CT molecular complexity index is 294. The van der Waals surface area contributed by atoms with E-state index in [-0.39, 0.29) is 0 Å². The molecule has 76 valence electrons. The number of nitrogens with zero attached hydrogens (tertiary/aromatic N) is 1. The average molecular weight is 191 g/mol. The largest absolute Gasteiger partial charge is 0.389 e. The van der Waals surface area contributed by atoms with Crippen molar-refractivity contribution in [2.75, 3.05) is 0 Å². The Kier molecular flexibility index (Phi) is 2.55. The Morgan fingerprint density at radius 3 is 2.57 bits per heavy atom. The van der Waals surface area contributed by atoms with Gasteiger partial charge in [0.2, 0.25) is 0 Å². The molecule has 0 saturated heterocycles. The molecule has 0 aliphatic heterocycles. The van der Waals surface area contributed by atoms with Crippen LogP contribution in [0.15, 0.2) is 24.5 Å². The SMILES string of the molecule is CCC(O)(Cc1ccncc1)C1CC1. The van der Waals surface area contributed by atoms with E-state index < -0.39 is 5.60 Å². The number of pyridine rings is 1. The maximum atomic E-state index is 10.4. The number of hydrogen-bond acceptors (Lipinski definition) is 2. The van der Waals surface area contributed by atoms with E-state index in [1.165, 1.54) is 18.4 Å². The molecule has 1 fully saturated rings. The molecule has 2 nitrogen and oxygen atoms in total. The van der Waals surface area contributed by atoms with Crippen LogP contribution in [0.25, 0.3) is 0 Å². The predicted octanol–water partition coefficient (Wildman–Crippen LogP) is 2.18. The fraction of sp³-hybridized carbons (Fsp3) is 0.583. The Labute approximate surface area is 85.0 Å². The van der Waals surface area contributed by atoms with Gasteiger partial charge in [0.1, 0.15) is 0 Å². The van der Waals surface area contributed by atoms with Gasteiger partial charge in [-0.15, -0.1) is 0 Å². The van der Waals surface area contributed by atoms with Crippen LogP contribution in [-0.4, -0.2) is 15.7 Å². The molecule has 0 amide bonds. The zero-order valence-electron chi connectivity index (χ0n) is 8.61. The van der Waals surface area contributed by atoms with Gasteiger partial charge < -0.3 is 5.11 Å². The zero-order chi connectivity index (χ0) is 10.0. The summed E-state index contributed by atoms with van der Waals surface area (Å²) in [6.07, 6.45) is 7.58. The van der Waals surface area contributed by atoms with E-state index in [1.807, 2.05) is 12.1 Å². The predicted molar refractivity (Wildman–Crippen MR) is 55.9 cm³/mol. The van der Waals surface area contributed by atoms with Crippen molar-refractivity contribution in [3.8, 4) is 0 Å². The molecule has 1 N–H and O–H groups in total. The smallest absolute Gasteiger partial charge is 0.0713 e. The molecular formula is C12H17NO. The third kappa shape index (κ3) is 1.95. The molecule has 1 heterocycles. The summed E-state index contributed by atoms with van der Waals surface area (Å²) in [5.74, 6) is 0.528. The van der Waals surface area contributed by atoms with Crippen LogP contribution >= 0.6 is 0 Å². The van der Waals surface area contributed by atoms with Crippen molar-refractivity contribution in [3.63, 3.8) is 0 Å². The minimum Gasteiger partial charge on any atom is -0.389 e. The third-order valence-electron chi connectivity index (χ3n) is 3.21. The van der Waals surface area contributed by atoms with Crippen LogP contribution in [0.2, 0.25) is 0 Å². The van der Waals surface area contributed by atoms with Crippen LogP contribution in [-0.2, 0) is 6.42 Å². The Hall–Kier alpha value is -0.890. The normalized spacial score (nSPS) is 20.4. The first-order chi connectivity index (χ1) is 6.74. The van der Waals surface area contributed by atoms with Crippen molar-refractivity contribution in [1.82, 2.24) is 4.98 Å². The topological polar surface area (TPSA) is 33.1 Å². The molecule has 0 spiro atoms. The second kappa shape index (κ2) is 3.70. The molecular weight excluding hydrogens is 174 g/mol. The highest BCUT2D eigenvalue weighted by Crippen LogP contribution is 2.43. The summed E-state index contributed by atoms with van der Waals surface area (Å²) in [4.78, 5) is 3.98. The van der Waals surface area contributed by atoms with E-state index >= 15 is 0 Å². The van der Waals surface area contributed by atoms with Crippen LogP contribution in [0.3, 0.4) is 0 Å². The second-order valence-corrected chi connectivity index (χ2v) is 4.26. The van der Waals surface area contributed by atoms with Gasteiger partial charge in [-0.3, -0.25) is 4.98 Å². The summed E-state index contributed by atoms with van der Waals surface area (Å²) in [7, 11) is 0. The van der Waals surface area contributed by atoms with Gasteiger partial charge in [-0.25, -0.2) is 0 Å². The van der Waals surface area contributed by atoms with Crippen LogP contribution in [0, 0.1) is 5.92 Å². The van der Waals surface area contributed by atoms with E-state index in [1.54, 1.807) is 12.4 Å². The number of aliphatic hydroxyl groups is 1. The quantitative estimate of drug-likeness (QED) is 0.791. The van der Waals surface area contributed by atoms with Gasteiger partial charge in [0.15, 0.2) is 0 Å². The zero-order valence-corrected chi connectivity index (χ0v) is 8.61. The van der Waals surface area contributed by atoms with Gasteiger partial charge in [0.25, 0.3) is 0 Å². The van der Waals surface area contributed by atoms with Crippen molar-refractivity contribution in [2.24, 2.45) is 5.92 Å². The highest BCUT2D eigenvalue weighted by Gasteiger charge is 2.42. The number of aromatic nitrogens is 1. The van der Waals surface area contributed by atoms with Gasteiger partial charge in [0, 0.05) is 18.8 Å². The van der Waals surface area contributed by atoms with E-state index in [9.17, 15) is 5.11 Å². The first-order valence-electron chi connectivity index (χ1n) is 5.36. The van der Waals surface area contributed by atoms with Gasteiger partial charge >= 0.3 is 0 Å². The summed E-state index contributed by atoms with van der Waals surface area (Å²) in [5, 5.41) is 10.4. The summed E-state index contributed by atoms with van der Waals surface area (Å²) in [6, 6.07) is 3.98. The highest BCUT2D eigenvalue weighted by molar-refractivity contribution is 5.14. The Balaban J connectivity index is 2.08. The lowest BCUT2D eigenvalue weighted by molar-refractivity contribution is 0.0139. The molecule has 2 heteroatoms. The van der Waals surface area contributed by atoms with Crippen LogP contribution in [0.5, 0.6) is 0 Å². The molecule has 1 saturated carbocycles. The maximum Gasteiger partial charge on any atom is 0.0713 e. The molecule has 1 atom stereocenters. The third-order valence-corrected chi connectivity index (χ3v) is 3.21. The summed E-state index contributed by atoms with van der Waals surface area (Å²) < 4.78 is 0. The van der Waals surface area contributed by atoms with Gasteiger partial charge in [-0.05, 0) is 42.9 Å². The van der Waals surface area contributed by atoms with Gasteiger partial charge in [0.05, 0.1) is 5.60 Å². The molecule has 0 bridgehead atoms. The molecule has 0 aromatic carbocycles. The standard InChI is InChI=1S/C12H17NO/c1-2-12(14,11-3-4-11)9-10-5-7-13-8-6-10/h5-8,11,14H,2-4,9H2,1H3. The van der Waals surface area contributed by atoms with Gasteiger partial charge in [-0.2, -0.15) is 0 Å². The molecule has 1 aliphatic rings. The summed E-state index contributed by atoms with van der Waals surface area (Å²) in [5.41, 5.74) is 0.720. The van der Waals surface area contributed by atoms with Crippen molar-refractivity contribution < 1.29 is 5.11 Å². The Morgan fingerprint density at radius 2 is 2.07 bits per heavy atom. The molecule has 14 heavy (non-hydrogen) atoms. The van der Waals surface area contributed by atoms with Crippen molar-refractivity contribution in [1.29, 1.82) is 0 Å². The fourth-order valence-electron chi connectivity index (χ4n) is 2.03. The monoisotopic (exact) mass is 191 g/mol. The molecule has 1 aromatic heterocycles. The number of hydrogen-bond donors (Lipinski definition) is 1. The van der Waals surface area contributed by atoms with Crippen molar-refractivity contribution >= 4 is 0 Å².